The van der Waals surface area contributed by atoms with Gasteiger partial charge in [-0.25, -0.2) is 4.79 Å². The number of rotatable bonds is 6. The summed E-state index contributed by atoms with van der Waals surface area (Å²) in [6, 6.07) is 6.80. The predicted octanol–water partition coefficient (Wildman–Crippen LogP) is 2.75. The number of likely N-dealkylation sites (tertiary alicyclic amines) is 1. The van der Waals surface area contributed by atoms with Crippen LogP contribution in [0.15, 0.2) is 33.5 Å². The van der Waals surface area contributed by atoms with Gasteiger partial charge in [0.25, 0.3) is 5.91 Å². The summed E-state index contributed by atoms with van der Waals surface area (Å²) in [6.45, 7) is 5.31. The number of carbonyl (C=O) groups is 1. The molecule has 1 aromatic heterocycles. The number of aryl methyl sites for hydroxylation is 1. The largest absolute Gasteiger partial charge is 0.484 e. The first kappa shape index (κ1) is 19.4. The summed E-state index contributed by atoms with van der Waals surface area (Å²) >= 11 is 0. The van der Waals surface area contributed by atoms with Crippen molar-refractivity contribution in [2.45, 2.75) is 39.5 Å². The van der Waals surface area contributed by atoms with Crippen molar-refractivity contribution in [1.82, 2.24) is 4.90 Å². The minimum atomic E-state index is -0.388. The molecule has 6 heteroatoms. The molecule has 0 bridgehead atoms. The van der Waals surface area contributed by atoms with Gasteiger partial charge in [0.1, 0.15) is 11.3 Å². The van der Waals surface area contributed by atoms with Crippen LogP contribution in [0.3, 0.4) is 0 Å². The Morgan fingerprint density at radius 3 is 2.85 bits per heavy atom. The molecule has 1 fully saturated rings. The monoisotopic (exact) mass is 373 g/mol. The van der Waals surface area contributed by atoms with Crippen LogP contribution in [0.25, 0.3) is 11.0 Å². The Hall–Kier alpha value is -2.34. The number of amides is 1. The molecule has 6 nitrogen and oxygen atoms in total. The van der Waals surface area contributed by atoms with Crippen molar-refractivity contribution in [3.63, 3.8) is 0 Å². The fourth-order valence-electron chi connectivity index (χ4n) is 3.78. The molecule has 27 heavy (non-hydrogen) atoms. The number of aliphatic hydroxyl groups is 1. The number of nitrogens with zero attached hydrogens (tertiary/aromatic N) is 1. The van der Waals surface area contributed by atoms with E-state index >= 15 is 0 Å². The number of ether oxygens (including phenoxy) is 1. The smallest absolute Gasteiger partial charge is 0.336 e. The van der Waals surface area contributed by atoms with Gasteiger partial charge in [-0.05, 0) is 43.4 Å². The van der Waals surface area contributed by atoms with E-state index in [1.54, 1.807) is 17.0 Å². The van der Waals surface area contributed by atoms with Crippen LogP contribution in [0.4, 0.5) is 0 Å². The molecule has 1 aromatic carbocycles. The van der Waals surface area contributed by atoms with Gasteiger partial charge in [-0.2, -0.15) is 0 Å². The Morgan fingerprint density at radius 2 is 2.15 bits per heavy atom. The van der Waals surface area contributed by atoms with E-state index in [0.717, 1.165) is 36.6 Å². The Labute approximate surface area is 158 Å². The third-order valence-corrected chi connectivity index (χ3v) is 5.64. The molecule has 2 heterocycles. The Morgan fingerprint density at radius 1 is 1.33 bits per heavy atom. The lowest BCUT2D eigenvalue weighted by Crippen LogP contribution is -2.48. The molecular weight excluding hydrogens is 346 g/mol. The molecule has 1 unspecified atom stereocenters. The molecule has 146 valence electrons. The zero-order valence-corrected chi connectivity index (χ0v) is 16.0. The summed E-state index contributed by atoms with van der Waals surface area (Å²) in [7, 11) is 0. The van der Waals surface area contributed by atoms with Crippen LogP contribution >= 0.6 is 0 Å². The highest BCUT2D eigenvalue weighted by Gasteiger charge is 2.35. The second-order valence-electron chi connectivity index (χ2n) is 7.32. The first-order chi connectivity index (χ1) is 13.0. The maximum absolute atomic E-state index is 12.6. The highest BCUT2D eigenvalue weighted by atomic mass is 16.5. The molecule has 1 saturated heterocycles. The third kappa shape index (κ3) is 4.16. The quantitative estimate of drug-likeness (QED) is 0.788. The van der Waals surface area contributed by atoms with E-state index in [0.29, 0.717) is 24.4 Å². The van der Waals surface area contributed by atoms with Crippen molar-refractivity contribution in [2.75, 3.05) is 26.3 Å². The van der Waals surface area contributed by atoms with Gasteiger partial charge in [0.2, 0.25) is 0 Å². The highest BCUT2D eigenvalue weighted by Crippen LogP contribution is 2.32. The van der Waals surface area contributed by atoms with E-state index in [2.05, 4.69) is 0 Å². The van der Waals surface area contributed by atoms with Crippen molar-refractivity contribution >= 4 is 16.9 Å². The fraction of sp³-hybridized carbons (Fsp3) is 0.524. The number of hydrogen-bond donors (Lipinski definition) is 1. The topological polar surface area (TPSA) is 80.0 Å². The number of hydrogen-bond acceptors (Lipinski definition) is 5. The third-order valence-electron chi connectivity index (χ3n) is 5.64. The summed E-state index contributed by atoms with van der Waals surface area (Å²) in [5, 5.41) is 10.6. The number of aliphatic hydroxyl groups excluding tert-OH is 1. The fourth-order valence-corrected chi connectivity index (χ4v) is 3.78. The second kappa shape index (κ2) is 8.13. The van der Waals surface area contributed by atoms with Crippen LogP contribution in [0.5, 0.6) is 5.75 Å². The van der Waals surface area contributed by atoms with Gasteiger partial charge >= 0.3 is 5.63 Å². The first-order valence-corrected chi connectivity index (χ1v) is 9.58. The molecule has 1 aliphatic heterocycles. The lowest BCUT2D eigenvalue weighted by Gasteiger charge is -2.41. The van der Waals surface area contributed by atoms with Crippen LogP contribution in [-0.2, 0) is 11.2 Å². The van der Waals surface area contributed by atoms with Crippen LogP contribution < -0.4 is 10.4 Å². The van der Waals surface area contributed by atoms with E-state index in [9.17, 15) is 14.7 Å². The predicted molar refractivity (Wildman–Crippen MR) is 103 cm³/mol. The number of carbonyl (C=O) groups excluding carboxylic acids is 1. The molecule has 1 amide bonds. The van der Waals surface area contributed by atoms with Crippen LogP contribution in [0, 0.1) is 5.41 Å². The molecule has 0 saturated carbocycles. The molecule has 0 aliphatic carbocycles. The SMILES string of the molecule is CCc1cc(=O)oc2cc(OCC(=O)N3CCCC(CC)(CO)C3)ccc12. The molecule has 0 radical (unpaired) electrons. The van der Waals surface area contributed by atoms with E-state index in [1.807, 2.05) is 19.9 Å². The van der Waals surface area contributed by atoms with Gasteiger partial charge in [-0.3, -0.25) is 4.79 Å². The molecule has 3 rings (SSSR count). The number of piperidine rings is 1. The molecule has 0 spiro atoms. The van der Waals surface area contributed by atoms with E-state index < -0.39 is 0 Å². The van der Waals surface area contributed by atoms with Crippen molar-refractivity contribution in [1.29, 1.82) is 0 Å². The summed E-state index contributed by atoms with van der Waals surface area (Å²) in [6.07, 6.45) is 3.41. The van der Waals surface area contributed by atoms with Gasteiger partial charge in [0.15, 0.2) is 6.61 Å². The van der Waals surface area contributed by atoms with Crippen molar-refractivity contribution < 1.29 is 19.1 Å². The number of fused-ring (bicyclic) bond motifs is 1. The second-order valence-corrected chi connectivity index (χ2v) is 7.32. The minimum absolute atomic E-state index is 0.0750. The number of benzene rings is 1. The summed E-state index contributed by atoms with van der Waals surface area (Å²) in [5.41, 5.74) is 0.807. The van der Waals surface area contributed by atoms with Gasteiger partial charge in [-0.15, -0.1) is 0 Å². The zero-order valence-electron chi connectivity index (χ0n) is 16.0. The average molecular weight is 373 g/mol. The highest BCUT2D eigenvalue weighted by molar-refractivity contribution is 5.82. The lowest BCUT2D eigenvalue weighted by atomic mass is 9.78. The molecular formula is C21H27NO5. The summed E-state index contributed by atoms with van der Waals surface area (Å²) < 4.78 is 10.9. The Kier molecular flexibility index (Phi) is 5.85. The van der Waals surface area contributed by atoms with Gasteiger partial charge in [0.05, 0.1) is 6.61 Å². The van der Waals surface area contributed by atoms with E-state index in [1.165, 1.54) is 6.07 Å². The average Bonchev–Trinajstić information content (AvgIpc) is 2.70. The Bertz CT molecular complexity index is 868. The maximum atomic E-state index is 12.6. The normalized spacial score (nSPS) is 20.0. The van der Waals surface area contributed by atoms with E-state index in [4.69, 9.17) is 9.15 Å². The maximum Gasteiger partial charge on any atom is 0.336 e. The van der Waals surface area contributed by atoms with E-state index in [-0.39, 0.29) is 30.2 Å². The van der Waals surface area contributed by atoms with Crippen LogP contribution in [0.2, 0.25) is 0 Å². The van der Waals surface area contributed by atoms with Crippen molar-refractivity contribution in [3.05, 3.63) is 40.2 Å². The molecule has 2 aromatic rings. The first-order valence-electron chi connectivity index (χ1n) is 9.58. The molecule has 1 atom stereocenters. The van der Waals surface area contributed by atoms with Crippen LogP contribution in [0.1, 0.15) is 38.7 Å². The summed E-state index contributed by atoms with van der Waals surface area (Å²) in [4.78, 5) is 26.0. The summed E-state index contributed by atoms with van der Waals surface area (Å²) in [5.74, 6) is 0.401. The minimum Gasteiger partial charge on any atom is -0.484 e. The van der Waals surface area contributed by atoms with Gasteiger partial charge in [-0.1, -0.05) is 13.8 Å². The molecule has 1 aliphatic rings. The zero-order chi connectivity index (χ0) is 19.4. The van der Waals surface area contributed by atoms with Crippen LogP contribution in [-0.4, -0.2) is 42.2 Å². The van der Waals surface area contributed by atoms with Gasteiger partial charge in [0, 0.05) is 36.0 Å². The van der Waals surface area contributed by atoms with Crippen molar-refractivity contribution in [2.24, 2.45) is 5.41 Å². The van der Waals surface area contributed by atoms with Gasteiger partial charge < -0.3 is 19.2 Å². The molecule has 1 N–H and O–H groups in total. The lowest BCUT2D eigenvalue weighted by molar-refractivity contribution is -0.137. The standard InChI is InChI=1S/C21H27NO5/c1-3-15-10-20(25)27-18-11-16(6-7-17(15)18)26-12-19(24)22-9-5-8-21(4-2,13-22)14-23/h6-7,10-11,23H,3-5,8-9,12-14H2,1-2H3. The Balaban J connectivity index is 1.69. The van der Waals surface area contributed by atoms with Crippen molar-refractivity contribution in [3.8, 4) is 5.75 Å².